The van der Waals surface area contributed by atoms with Crippen LogP contribution in [0.25, 0.3) is 6.08 Å². The molecule has 3 rings (SSSR count). The largest absolute Gasteiger partial charge is 0.493 e. The minimum Gasteiger partial charge on any atom is -0.493 e. The van der Waals surface area contributed by atoms with Crippen LogP contribution in [0.5, 0.6) is 11.5 Å². The van der Waals surface area contributed by atoms with E-state index in [1.807, 2.05) is 6.07 Å². The van der Waals surface area contributed by atoms with Crippen LogP contribution in [-0.2, 0) is 4.79 Å². The molecule has 2 amide bonds. The number of benzene rings is 2. The van der Waals surface area contributed by atoms with E-state index in [1.165, 1.54) is 7.11 Å². The molecule has 0 unspecified atom stereocenters. The molecule has 1 aliphatic rings. The fourth-order valence-electron chi connectivity index (χ4n) is 2.20. The number of methoxy groups -OCH3 is 1. The Hall–Kier alpha value is -2.58. The van der Waals surface area contributed by atoms with Crippen LogP contribution in [0.4, 0.5) is 4.79 Å². The zero-order valence-electron chi connectivity index (χ0n) is 13.4. The maximum atomic E-state index is 12.3. The average Bonchev–Trinajstić information content (AvgIpc) is 2.93. The maximum absolute atomic E-state index is 12.3. The van der Waals surface area contributed by atoms with E-state index in [1.54, 1.807) is 42.5 Å². The van der Waals surface area contributed by atoms with Gasteiger partial charge in [-0.25, -0.2) is 4.79 Å². The van der Waals surface area contributed by atoms with Crippen molar-refractivity contribution in [2.24, 2.45) is 0 Å². The maximum Gasteiger partial charge on any atom is 0.343 e. The molecule has 2 aromatic carbocycles. The molecule has 6 nitrogen and oxygen atoms in total. The van der Waals surface area contributed by atoms with Crippen molar-refractivity contribution in [2.75, 3.05) is 7.11 Å². The molecule has 1 heterocycles. The van der Waals surface area contributed by atoms with E-state index < -0.39 is 17.1 Å². The summed E-state index contributed by atoms with van der Waals surface area (Å²) in [6.45, 7) is 0. The second kappa shape index (κ2) is 7.76. The fraction of sp³-hybridized carbons (Fsp3) is 0.0556. The van der Waals surface area contributed by atoms with Crippen molar-refractivity contribution >= 4 is 50.9 Å². The second-order valence-corrected chi connectivity index (χ2v) is 7.09. The van der Waals surface area contributed by atoms with Crippen LogP contribution in [-0.4, -0.2) is 24.2 Å². The average molecular weight is 434 g/mol. The highest BCUT2D eigenvalue weighted by atomic mass is 79.9. The highest BCUT2D eigenvalue weighted by molar-refractivity contribution is 9.10. The number of rotatable bonds is 4. The van der Waals surface area contributed by atoms with E-state index in [0.717, 1.165) is 16.2 Å². The van der Waals surface area contributed by atoms with Crippen LogP contribution >= 0.6 is 27.7 Å². The van der Waals surface area contributed by atoms with Crippen molar-refractivity contribution < 1.29 is 23.9 Å². The molecular formula is C18H12BrNO5S. The number of nitrogens with one attached hydrogen (secondary N) is 1. The molecule has 1 fully saturated rings. The lowest BCUT2D eigenvalue weighted by molar-refractivity contribution is -0.115. The lowest BCUT2D eigenvalue weighted by Crippen LogP contribution is -2.17. The molecule has 0 saturated carbocycles. The summed E-state index contributed by atoms with van der Waals surface area (Å²) in [6.07, 6.45) is 1.56. The number of ether oxygens (including phenoxy) is 2. The summed E-state index contributed by atoms with van der Waals surface area (Å²) in [7, 11) is 1.45. The molecule has 0 spiro atoms. The summed E-state index contributed by atoms with van der Waals surface area (Å²) in [5.41, 5.74) is 1.03. The van der Waals surface area contributed by atoms with Crippen LogP contribution in [0.1, 0.15) is 15.9 Å². The van der Waals surface area contributed by atoms with Gasteiger partial charge in [0.05, 0.1) is 17.6 Å². The lowest BCUT2D eigenvalue weighted by atomic mass is 10.2. The molecule has 0 atom stereocenters. The van der Waals surface area contributed by atoms with E-state index in [9.17, 15) is 14.4 Å². The second-order valence-electron chi connectivity index (χ2n) is 5.16. The molecule has 1 saturated heterocycles. The normalized spacial score (nSPS) is 15.1. The van der Waals surface area contributed by atoms with E-state index >= 15 is 0 Å². The number of hydrogen-bond donors (Lipinski definition) is 1. The Kier molecular flexibility index (Phi) is 5.43. The van der Waals surface area contributed by atoms with Crippen LogP contribution in [0.2, 0.25) is 0 Å². The molecular weight excluding hydrogens is 422 g/mol. The zero-order valence-corrected chi connectivity index (χ0v) is 15.8. The Morgan fingerprint density at radius 3 is 2.62 bits per heavy atom. The monoisotopic (exact) mass is 433 g/mol. The van der Waals surface area contributed by atoms with Gasteiger partial charge in [0.25, 0.3) is 11.1 Å². The lowest BCUT2D eigenvalue weighted by Gasteiger charge is -2.10. The Labute approximate surface area is 161 Å². The minimum atomic E-state index is -0.521. The standard InChI is InChI=1S/C18H12BrNO5S/c1-24-14-7-10(8-15-16(21)20-18(23)26-15)5-6-13(14)25-17(22)11-3-2-4-12(19)9-11/h2-9H,1H3,(H,20,21,23)/b15-8-. The van der Waals surface area contributed by atoms with Gasteiger partial charge in [-0.2, -0.15) is 0 Å². The first-order valence-electron chi connectivity index (χ1n) is 7.37. The van der Waals surface area contributed by atoms with Crippen LogP contribution in [0.15, 0.2) is 51.8 Å². The van der Waals surface area contributed by atoms with E-state index in [0.29, 0.717) is 16.9 Å². The molecule has 0 bridgehead atoms. The van der Waals surface area contributed by atoms with Gasteiger partial charge in [0, 0.05) is 4.47 Å². The van der Waals surface area contributed by atoms with Gasteiger partial charge < -0.3 is 9.47 Å². The number of amides is 2. The van der Waals surface area contributed by atoms with Crippen molar-refractivity contribution in [1.82, 2.24) is 5.32 Å². The van der Waals surface area contributed by atoms with Crippen molar-refractivity contribution in [3.8, 4) is 11.5 Å². The van der Waals surface area contributed by atoms with Gasteiger partial charge in [-0.05, 0) is 53.7 Å². The number of carbonyl (C=O) groups excluding carboxylic acids is 3. The van der Waals surface area contributed by atoms with Crippen molar-refractivity contribution in [2.45, 2.75) is 0 Å². The van der Waals surface area contributed by atoms with Gasteiger partial charge in [-0.3, -0.25) is 14.9 Å². The first-order chi connectivity index (χ1) is 12.5. The highest BCUT2D eigenvalue weighted by Gasteiger charge is 2.25. The first-order valence-corrected chi connectivity index (χ1v) is 8.98. The van der Waals surface area contributed by atoms with Crippen LogP contribution in [0, 0.1) is 0 Å². The van der Waals surface area contributed by atoms with Gasteiger partial charge in [0.1, 0.15) is 0 Å². The number of esters is 1. The van der Waals surface area contributed by atoms with E-state index in [2.05, 4.69) is 21.2 Å². The Morgan fingerprint density at radius 1 is 1.15 bits per heavy atom. The third-order valence-electron chi connectivity index (χ3n) is 3.39. The topological polar surface area (TPSA) is 81.7 Å². The molecule has 0 aromatic heterocycles. The summed E-state index contributed by atoms with van der Waals surface area (Å²) < 4.78 is 11.4. The van der Waals surface area contributed by atoms with Gasteiger partial charge >= 0.3 is 5.97 Å². The van der Waals surface area contributed by atoms with E-state index in [4.69, 9.17) is 9.47 Å². The third-order valence-corrected chi connectivity index (χ3v) is 4.69. The smallest absolute Gasteiger partial charge is 0.343 e. The summed E-state index contributed by atoms with van der Waals surface area (Å²) in [5.74, 6) is -0.382. The SMILES string of the molecule is COc1cc(/C=C2\SC(=O)NC2=O)ccc1OC(=O)c1cccc(Br)c1. The number of imide groups is 1. The summed E-state index contributed by atoms with van der Waals surface area (Å²) in [4.78, 5) is 35.4. The summed E-state index contributed by atoms with van der Waals surface area (Å²) >= 11 is 4.13. The zero-order chi connectivity index (χ0) is 18.7. The van der Waals surface area contributed by atoms with Crippen molar-refractivity contribution in [1.29, 1.82) is 0 Å². The van der Waals surface area contributed by atoms with Crippen molar-refractivity contribution in [3.05, 3.63) is 63.0 Å². The molecule has 26 heavy (non-hydrogen) atoms. The highest BCUT2D eigenvalue weighted by Crippen LogP contribution is 2.32. The Morgan fingerprint density at radius 2 is 1.96 bits per heavy atom. The molecule has 2 aromatic rings. The van der Waals surface area contributed by atoms with E-state index in [-0.39, 0.29) is 10.7 Å². The van der Waals surface area contributed by atoms with Crippen molar-refractivity contribution in [3.63, 3.8) is 0 Å². The predicted octanol–water partition coefficient (Wildman–Crippen LogP) is 4.00. The molecule has 0 aliphatic carbocycles. The number of hydrogen-bond acceptors (Lipinski definition) is 6. The number of thioether (sulfide) groups is 1. The first kappa shape index (κ1) is 18.2. The predicted molar refractivity (Wildman–Crippen MR) is 101 cm³/mol. The summed E-state index contributed by atoms with van der Waals surface area (Å²) in [6, 6.07) is 11.7. The number of halogens is 1. The van der Waals surface area contributed by atoms with Crippen LogP contribution in [0.3, 0.4) is 0 Å². The Balaban J connectivity index is 1.83. The van der Waals surface area contributed by atoms with Gasteiger partial charge in [-0.15, -0.1) is 0 Å². The third kappa shape index (κ3) is 4.14. The number of carbonyl (C=O) groups is 3. The molecule has 1 aliphatic heterocycles. The van der Waals surface area contributed by atoms with Gasteiger partial charge in [0.2, 0.25) is 0 Å². The van der Waals surface area contributed by atoms with Crippen LogP contribution < -0.4 is 14.8 Å². The quantitative estimate of drug-likeness (QED) is 0.445. The molecule has 0 radical (unpaired) electrons. The van der Waals surface area contributed by atoms with Gasteiger partial charge in [0.15, 0.2) is 11.5 Å². The minimum absolute atomic E-state index is 0.249. The Bertz CT molecular complexity index is 941. The van der Waals surface area contributed by atoms with Gasteiger partial charge in [-0.1, -0.05) is 28.1 Å². The molecule has 8 heteroatoms. The fourth-order valence-corrected chi connectivity index (χ4v) is 3.29. The summed E-state index contributed by atoms with van der Waals surface area (Å²) in [5, 5.41) is 1.78. The molecule has 1 N–H and O–H groups in total. The molecule has 132 valence electrons.